The number of amides is 1. The third-order valence-electron chi connectivity index (χ3n) is 5.37. The smallest absolute Gasteiger partial charge is 0.231 e. The molecule has 1 amide bonds. The van der Waals surface area contributed by atoms with Crippen molar-refractivity contribution in [3.05, 3.63) is 107 Å². The van der Waals surface area contributed by atoms with Crippen molar-refractivity contribution < 1.29 is 9.90 Å². The van der Waals surface area contributed by atoms with Crippen molar-refractivity contribution in [3.63, 3.8) is 0 Å². The Bertz CT molecular complexity index is 908. The molecule has 0 saturated carbocycles. The van der Waals surface area contributed by atoms with E-state index in [4.69, 9.17) is 0 Å². The maximum Gasteiger partial charge on any atom is 0.231 e. The van der Waals surface area contributed by atoms with Gasteiger partial charge in [-0.1, -0.05) is 84.9 Å². The molecule has 1 N–H and O–H groups in total. The standard InChI is InChI=1S/C24H23NO2/c26-17-23(19-11-5-2-6-12-19)25-16-20-13-7-8-14-21(20)22(24(25)27)15-18-9-3-1-4-10-18/h1-14,22-23,26H,15-17H2. The number of aliphatic hydroxyl groups excluding tert-OH is 1. The Morgan fingerprint density at radius 2 is 1.52 bits per heavy atom. The number of rotatable bonds is 5. The van der Waals surface area contributed by atoms with Gasteiger partial charge >= 0.3 is 0 Å². The molecule has 1 heterocycles. The van der Waals surface area contributed by atoms with E-state index in [9.17, 15) is 9.90 Å². The van der Waals surface area contributed by atoms with Crippen LogP contribution in [0.2, 0.25) is 0 Å². The van der Waals surface area contributed by atoms with Crippen LogP contribution in [0.4, 0.5) is 0 Å². The fourth-order valence-corrected chi connectivity index (χ4v) is 3.98. The maximum atomic E-state index is 13.5. The van der Waals surface area contributed by atoms with E-state index in [1.165, 1.54) is 0 Å². The Morgan fingerprint density at radius 3 is 2.22 bits per heavy atom. The fourth-order valence-electron chi connectivity index (χ4n) is 3.98. The minimum absolute atomic E-state index is 0.0838. The van der Waals surface area contributed by atoms with Gasteiger partial charge in [0.15, 0.2) is 0 Å². The van der Waals surface area contributed by atoms with Gasteiger partial charge in [-0.15, -0.1) is 0 Å². The molecule has 2 atom stereocenters. The lowest BCUT2D eigenvalue weighted by atomic mass is 9.83. The largest absolute Gasteiger partial charge is 0.394 e. The first kappa shape index (κ1) is 17.5. The lowest BCUT2D eigenvalue weighted by molar-refractivity contribution is -0.138. The van der Waals surface area contributed by atoms with Gasteiger partial charge in [-0.05, 0) is 28.7 Å². The molecule has 0 aliphatic carbocycles. The van der Waals surface area contributed by atoms with Crippen LogP contribution in [-0.4, -0.2) is 22.5 Å². The van der Waals surface area contributed by atoms with Crippen molar-refractivity contribution in [2.75, 3.05) is 6.61 Å². The van der Waals surface area contributed by atoms with Crippen molar-refractivity contribution in [2.24, 2.45) is 0 Å². The highest BCUT2D eigenvalue weighted by molar-refractivity contribution is 5.86. The zero-order valence-corrected chi connectivity index (χ0v) is 15.2. The van der Waals surface area contributed by atoms with Crippen molar-refractivity contribution in [2.45, 2.75) is 24.9 Å². The minimum atomic E-state index is -0.328. The van der Waals surface area contributed by atoms with Gasteiger partial charge in [0.1, 0.15) is 0 Å². The van der Waals surface area contributed by atoms with Gasteiger partial charge in [-0.3, -0.25) is 4.79 Å². The van der Waals surface area contributed by atoms with Gasteiger partial charge in [-0.2, -0.15) is 0 Å². The Labute approximate surface area is 159 Å². The summed E-state index contributed by atoms with van der Waals surface area (Å²) < 4.78 is 0. The molecular formula is C24H23NO2. The summed E-state index contributed by atoms with van der Waals surface area (Å²) in [6, 6.07) is 27.8. The Kier molecular flexibility index (Phi) is 5.03. The zero-order valence-electron chi connectivity index (χ0n) is 15.2. The predicted octanol–water partition coefficient (Wildman–Crippen LogP) is 4.09. The summed E-state index contributed by atoms with van der Waals surface area (Å²) >= 11 is 0. The lowest BCUT2D eigenvalue weighted by Crippen LogP contribution is -2.43. The molecule has 0 radical (unpaired) electrons. The van der Waals surface area contributed by atoms with E-state index in [0.717, 1.165) is 22.3 Å². The molecule has 3 heteroatoms. The van der Waals surface area contributed by atoms with Gasteiger partial charge in [0.25, 0.3) is 0 Å². The number of hydrogen-bond acceptors (Lipinski definition) is 2. The summed E-state index contributed by atoms with van der Waals surface area (Å²) in [4.78, 5) is 15.3. The summed E-state index contributed by atoms with van der Waals surface area (Å²) in [7, 11) is 0. The monoisotopic (exact) mass is 357 g/mol. The van der Waals surface area contributed by atoms with E-state index in [1.807, 2.05) is 65.6 Å². The summed E-state index contributed by atoms with van der Waals surface area (Å²) in [5.41, 5.74) is 4.37. The molecule has 3 nitrogen and oxygen atoms in total. The quantitative estimate of drug-likeness (QED) is 0.747. The van der Waals surface area contributed by atoms with Crippen LogP contribution in [0, 0.1) is 0 Å². The molecule has 0 spiro atoms. The van der Waals surface area contributed by atoms with Gasteiger partial charge in [0.05, 0.1) is 18.6 Å². The van der Waals surface area contributed by atoms with E-state index in [1.54, 1.807) is 0 Å². The topological polar surface area (TPSA) is 40.5 Å². The molecule has 2 unspecified atom stereocenters. The average molecular weight is 357 g/mol. The molecule has 4 rings (SSSR count). The second-order valence-corrected chi connectivity index (χ2v) is 7.02. The van der Waals surface area contributed by atoms with Crippen molar-refractivity contribution in [1.29, 1.82) is 0 Å². The van der Waals surface area contributed by atoms with Crippen LogP contribution >= 0.6 is 0 Å². The minimum Gasteiger partial charge on any atom is -0.394 e. The Hall–Kier alpha value is -2.91. The number of carbonyl (C=O) groups excluding carboxylic acids is 1. The maximum absolute atomic E-state index is 13.5. The van der Waals surface area contributed by atoms with Crippen LogP contribution in [0.1, 0.15) is 34.2 Å². The highest BCUT2D eigenvalue weighted by Gasteiger charge is 2.36. The van der Waals surface area contributed by atoms with Crippen molar-refractivity contribution in [3.8, 4) is 0 Å². The van der Waals surface area contributed by atoms with E-state index in [-0.39, 0.29) is 24.5 Å². The molecule has 0 bridgehead atoms. The molecule has 1 aliphatic heterocycles. The van der Waals surface area contributed by atoms with Crippen LogP contribution in [0.5, 0.6) is 0 Å². The number of fused-ring (bicyclic) bond motifs is 1. The molecule has 0 fully saturated rings. The van der Waals surface area contributed by atoms with Crippen LogP contribution in [-0.2, 0) is 17.8 Å². The van der Waals surface area contributed by atoms with Crippen molar-refractivity contribution >= 4 is 5.91 Å². The number of carbonyl (C=O) groups is 1. The number of nitrogens with zero attached hydrogens (tertiary/aromatic N) is 1. The average Bonchev–Trinajstić information content (AvgIpc) is 2.73. The summed E-state index contributed by atoms with van der Waals surface area (Å²) in [5.74, 6) is -0.143. The first-order chi connectivity index (χ1) is 13.3. The number of benzene rings is 3. The fraction of sp³-hybridized carbons (Fsp3) is 0.208. The number of aliphatic hydroxyl groups is 1. The molecule has 1 aliphatic rings. The highest BCUT2D eigenvalue weighted by Crippen LogP contribution is 2.36. The summed E-state index contributed by atoms with van der Waals surface area (Å²) in [5, 5.41) is 10.1. The van der Waals surface area contributed by atoms with Crippen LogP contribution < -0.4 is 0 Å². The van der Waals surface area contributed by atoms with Gasteiger partial charge in [0.2, 0.25) is 5.91 Å². The second kappa shape index (κ2) is 7.77. The van der Waals surface area contributed by atoms with Gasteiger partial charge < -0.3 is 10.0 Å². The zero-order chi connectivity index (χ0) is 18.6. The number of hydrogen-bond donors (Lipinski definition) is 1. The first-order valence-electron chi connectivity index (χ1n) is 9.36. The Morgan fingerprint density at radius 1 is 0.889 bits per heavy atom. The van der Waals surface area contributed by atoms with E-state index >= 15 is 0 Å². The molecule has 3 aromatic rings. The van der Waals surface area contributed by atoms with Gasteiger partial charge in [-0.25, -0.2) is 0 Å². The molecule has 0 saturated heterocycles. The molecular weight excluding hydrogens is 334 g/mol. The van der Waals surface area contributed by atoms with Crippen LogP contribution in [0.3, 0.4) is 0 Å². The first-order valence-corrected chi connectivity index (χ1v) is 9.36. The van der Waals surface area contributed by atoms with Crippen LogP contribution in [0.15, 0.2) is 84.9 Å². The molecule has 136 valence electrons. The third kappa shape index (κ3) is 3.51. The molecule has 0 aromatic heterocycles. The highest BCUT2D eigenvalue weighted by atomic mass is 16.3. The lowest BCUT2D eigenvalue weighted by Gasteiger charge is -2.39. The Balaban J connectivity index is 1.72. The SMILES string of the molecule is O=C1C(Cc2ccccc2)c2ccccc2CN1C(CO)c1ccccc1. The third-order valence-corrected chi connectivity index (χ3v) is 5.37. The molecule has 3 aromatic carbocycles. The second-order valence-electron chi connectivity index (χ2n) is 7.02. The summed E-state index contributed by atoms with van der Waals surface area (Å²) in [6.07, 6.45) is 0.667. The van der Waals surface area contributed by atoms with Crippen molar-refractivity contribution in [1.82, 2.24) is 4.90 Å². The molecule has 27 heavy (non-hydrogen) atoms. The van der Waals surface area contributed by atoms with Crippen LogP contribution in [0.25, 0.3) is 0 Å². The summed E-state index contributed by atoms with van der Waals surface area (Å²) in [6.45, 7) is 0.441. The van der Waals surface area contributed by atoms with Gasteiger partial charge in [0, 0.05) is 6.54 Å². The van der Waals surface area contributed by atoms with E-state index in [0.29, 0.717) is 13.0 Å². The van der Waals surface area contributed by atoms with E-state index in [2.05, 4.69) is 24.3 Å². The van der Waals surface area contributed by atoms with E-state index < -0.39 is 0 Å². The predicted molar refractivity (Wildman–Crippen MR) is 106 cm³/mol. The normalized spacial score (nSPS) is 17.4.